The molecular weight excluding hydrogens is 376 g/mol. The summed E-state index contributed by atoms with van der Waals surface area (Å²) in [5, 5.41) is 29.4. The highest BCUT2D eigenvalue weighted by atomic mass is 35.5. The van der Waals surface area contributed by atoms with Gasteiger partial charge in [0.2, 0.25) is 0 Å². The molecule has 1 aromatic carbocycles. The number of aromatic nitrogens is 1. The molecule has 4 atom stereocenters. The molecule has 0 amide bonds. The number of aliphatic hydroxyl groups is 3. The molecular formula is C18H23ClN2O4S. The molecule has 6 nitrogen and oxygen atoms in total. The van der Waals surface area contributed by atoms with E-state index in [4.69, 9.17) is 4.74 Å². The minimum Gasteiger partial charge on any atom is -0.477 e. The quantitative estimate of drug-likeness (QED) is 0.723. The second-order valence-corrected chi connectivity index (χ2v) is 7.33. The molecule has 0 bridgehead atoms. The Balaban J connectivity index is 0.00000243. The fraction of sp³-hybridized carbons (Fsp3) is 0.389. The molecule has 0 saturated carbocycles. The van der Waals surface area contributed by atoms with E-state index in [0.29, 0.717) is 11.5 Å². The number of ether oxygens (including phenoxy) is 1. The van der Waals surface area contributed by atoms with E-state index in [1.165, 1.54) is 11.8 Å². The van der Waals surface area contributed by atoms with Crippen molar-refractivity contribution in [3.05, 3.63) is 42.6 Å². The molecule has 3 rings (SSSR count). The summed E-state index contributed by atoms with van der Waals surface area (Å²) in [6, 6.07) is 11.4. The monoisotopic (exact) mass is 398 g/mol. The van der Waals surface area contributed by atoms with E-state index in [1.54, 1.807) is 12.3 Å². The standard InChI is InChI=1S/C18H22N2O4S.ClH/c1-20(2)15-7-6-12(9-19-15)11-4-3-5-13(8-11)24-18-17(23)16(22)14(21)10-25-18;/h3-9,14,16-18,21-23H,10H2,1-2H3;1H/t14-,16+,17-,18-;/m1./s1. The van der Waals surface area contributed by atoms with Crippen molar-refractivity contribution in [2.45, 2.75) is 23.7 Å². The number of rotatable bonds is 4. The third-order valence-electron chi connectivity index (χ3n) is 4.08. The van der Waals surface area contributed by atoms with Gasteiger partial charge in [-0.25, -0.2) is 4.98 Å². The Morgan fingerprint density at radius 1 is 1.08 bits per heavy atom. The second kappa shape index (κ2) is 8.92. The summed E-state index contributed by atoms with van der Waals surface area (Å²) < 4.78 is 5.82. The Hall–Kier alpha value is -1.51. The van der Waals surface area contributed by atoms with Gasteiger partial charge in [-0.3, -0.25) is 0 Å². The lowest BCUT2D eigenvalue weighted by Gasteiger charge is -2.34. The summed E-state index contributed by atoms with van der Waals surface area (Å²) in [6.07, 6.45) is -1.47. The van der Waals surface area contributed by atoms with E-state index >= 15 is 0 Å². The number of hydrogen-bond acceptors (Lipinski definition) is 7. The van der Waals surface area contributed by atoms with Crippen LogP contribution in [0.15, 0.2) is 42.6 Å². The fourth-order valence-electron chi connectivity index (χ4n) is 2.59. The summed E-state index contributed by atoms with van der Waals surface area (Å²) >= 11 is 1.28. The van der Waals surface area contributed by atoms with Gasteiger partial charge in [0, 0.05) is 31.6 Å². The highest BCUT2D eigenvalue weighted by Gasteiger charge is 2.38. The van der Waals surface area contributed by atoms with Gasteiger partial charge < -0.3 is 25.0 Å². The molecule has 1 aliphatic heterocycles. The highest BCUT2D eigenvalue weighted by Crippen LogP contribution is 2.31. The molecule has 0 unspecified atom stereocenters. The van der Waals surface area contributed by atoms with Crippen LogP contribution in [-0.4, -0.2) is 63.9 Å². The molecule has 2 heterocycles. The van der Waals surface area contributed by atoms with Crippen LogP contribution in [0.1, 0.15) is 0 Å². The van der Waals surface area contributed by atoms with Gasteiger partial charge in [0.05, 0.1) is 6.10 Å². The smallest absolute Gasteiger partial charge is 0.173 e. The van der Waals surface area contributed by atoms with Gasteiger partial charge in [-0.2, -0.15) is 0 Å². The molecule has 26 heavy (non-hydrogen) atoms. The van der Waals surface area contributed by atoms with Crippen LogP contribution >= 0.6 is 24.2 Å². The number of nitrogens with zero attached hydrogens (tertiary/aromatic N) is 2. The van der Waals surface area contributed by atoms with Crippen molar-refractivity contribution in [1.82, 2.24) is 4.98 Å². The third-order valence-corrected chi connectivity index (χ3v) is 5.32. The van der Waals surface area contributed by atoms with Crippen LogP contribution < -0.4 is 9.64 Å². The van der Waals surface area contributed by atoms with Crippen molar-refractivity contribution in [3.8, 4) is 16.9 Å². The Labute approximate surface area is 163 Å². The lowest BCUT2D eigenvalue weighted by atomic mass is 10.1. The van der Waals surface area contributed by atoms with E-state index in [9.17, 15) is 15.3 Å². The van der Waals surface area contributed by atoms with Crippen molar-refractivity contribution in [3.63, 3.8) is 0 Å². The highest BCUT2D eigenvalue weighted by molar-refractivity contribution is 7.99. The van der Waals surface area contributed by atoms with E-state index in [2.05, 4.69) is 4.98 Å². The zero-order valence-electron chi connectivity index (χ0n) is 14.5. The number of hydrogen-bond donors (Lipinski definition) is 3. The number of aliphatic hydroxyl groups excluding tert-OH is 3. The predicted molar refractivity (Wildman–Crippen MR) is 106 cm³/mol. The zero-order chi connectivity index (χ0) is 18.0. The van der Waals surface area contributed by atoms with Crippen LogP contribution in [0.2, 0.25) is 0 Å². The van der Waals surface area contributed by atoms with Crippen molar-refractivity contribution < 1.29 is 20.1 Å². The maximum atomic E-state index is 10.1. The average Bonchev–Trinajstić information content (AvgIpc) is 2.62. The molecule has 0 aliphatic carbocycles. The molecule has 1 fully saturated rings. The van der Waals surface area contributed by atoms with Crippen LogP contribution in [0.25, 0.3) is 11.1 Å². The molecule has 142 valence electrons. The topological polar surface area (TPSA) is 86.1 Å². The molecule has 0 radical (unpaired) electrons. The third kappa shape index (κ3) is 4.61. The molecule has 3 N–H and O–H groups in total. The maximum Gasteiger partial charge on any atom is 0.173 e. The van der Waals surface area contributed by atoms with Gasteiger partial charge in [0.25, 0.3) is 0 Å². The lowest BCUT2D eigenvalue weighted by Crippen LogP contribution is -2.50. The van der Waals surface area contributed by atoms with E-state index in [-0.39, 0.29) is 12.4 Å². The lowest BCUT2D eigenvalue weighted by molar-refractivity contribution is -0.0786. The normalized spacial score (nSPS) is 25.3. The molecule has 2 aromatic rings. The van der Waals surface area contributed by atoms with E-state index < -0.39 is 23.7 Å². The molecule has 1 aromatic heterocycles. The molecule has 8 heteroatoms. The first-order chi connectivity index (χ1) is 12.0. The van der Waals surface area contributed by atoms with Crippen molar-refractivity contribution in [2.75, 3.05) is 24.7 Å². The van der Waals surface area contributed by atoms with Crippen LogP contribution in [0.3, 0.4) is 0 Å². The first kappa shape index (κ1) is 20.8. The second-order valence-electron chi connectivity index (χ2n) is 6.20. The van der Waals surface area contributed by atoms with Crippen molar-refractivity contribution in [1.29, 1.82) is 0 Å². The van der Waals surface area contributed by atoms with Crippen molar-refractivity contribution >= 4 is 30.0 Å². The predicted octanol–water partition coefficient (Wildman–Crippen LogP) is 1.77. The first-order valence-electron chi connectivity index (χ1n) is 8.02. The minimum absolute atomic E-state index is 0. The minimum atomic E-state index is -1.20. The largest absolute Gasteiger partial charge is 0.477 e. The summed E-state index contributed by atoms with van der Waals surface area (Å²) in [5.41, 5.74) is 1.29. The summed E-state index contributed by atoms with van der Waals surface area (Å²) in [4.78, 5) is 6.35. The molecule has 0 spiro atoms. The van der Waals surface area contributed by atoms with Crippen molar-refractivity contribution in [2.24, 2.45) is 0 Å². The SMILES string of the molecule is CN(C)c1ccc(-c2cccc(O[C@@H]3SC[C@@H](O)[C@H](O)[C@H]3O)c2)cn1.Cl. The maximum absolute atomic E-state index is 10.1. The van der Waals surface area contributed by atoms with Gasteiger partial charge >= 0.3 is 0 Å². The van der Waals surface area contributed by atoms with E-state index in [1.807, 2.05) is 49.3 Å². The number of pyridine rings is 1. The molecule has 1 aliphatic rings. The van der Waals surface area contributed by atoms with Crippen LogP contribution in [0.5, 0.6) is 5.75 Å². The van der Waals surface area contributed by atoms with E-state index in [0.717, 1.165) is 16.9 Å². The summed E-state index contributed by atoms with van der Waals surface area (Å²) in [5.74, 6) is 1.79. The average molecular weight is 399 g/mol. The zero-order valence-corrected chi connectivity index (χ0v) is 16.2. The number of anilines is 1. The first-order valence-corrected chi connectivity index (χ1v) is 9.07. The molecule has 1 saturated heterocycles. The fourth-order valence-corrected chi connectivity index (χ4v) is 3.71. The van der Waals surface area contributed by atoms with Gasteiger partial charge in [-0.05, 0) is 29.8 Å². The Morgan fingerprint density at radius 3 is 2.50 bits per heavy atom. The van der Waals surface area contributed by atoms with Gasteiger partial charge in [0.1, 0.15) is 23.8 Å². The Bertz CT molecular complexity index is 717. The summed E-state index contributed by atoms with van der Waals surface area (Å²) in [6.45, 7) is 0. The van der Waals surface area contributed by atoms with Crippen LogP contribution in [-0.2, 0) is 0 Å². The Kier molecular flexibility index (Phi) is 7.14. The van der Waals surface area contributed by atoms with Crippen LogP contribution in [0, 0.1) is 0 Å². The number of halogens is 1. The number of benzene rings is 1. The number of thioether (sulfide) groups is 1. The Morgan fingerprint density at radius 2 is 1.85 bits per heavy atom. The summed E-state index contributed by atoms with van der Waals surface area (Å²) in [7, 11) is 3.88. The van der Waals surface area contributed by atoms with Gasteiger partial charge in [-0.15, -0.1) is 24.2 Å². The van der Waals surface area contributed by atoms with Gasteiger partial charge in [-0.1, -0.05) is 12.1 Å². The van der Waals surface area contributed by atoms with Crippen LogP contribution in [0.4, 0.5) is 5.82 Å². The van der Waals surface area contributed by atoms with Gasteiger partial charge in [0.15, 0.2) is 5.44 Å².